The monoisotopic (exact) mass is 248 g/mol. The quantitative estimate of drug-likeness (QED) is 0.725. The molecule has 2 N–H and O–H groups in total. The van der Waals surface area contributed by atoms with Gasteiger partial charge in [-0.05, 0) is 38.8 Å². The van der Waals surface area contributed by atoms with Crippen molar-refractivity contribution in [2.24, 2.45) is 0 Å². The number of sulfonamides is 1. The SMILES string of the molecule is COC1CC(NS(=O)(=O)C2CCNCC2)C1. The molecule has 0 aromatic carbocycles. The van der Waals surface area contributed by atoms with Gasteiger partial charge in [0.15, 0.2) is 0 Å². The molecule has 94 valence electrons. The minimum absolute atomic E-state index is 0.0878. The molecule has 0 bridgehead atoms. The molecule has 1 saturated carbocycles. The Hall–Kier alpha value is -0.170. The summed E-state index contributed by atoms with van der Waals surface area (Å²) in [6, 6.07) is 0.0878. The van der Waals surface area contributed by atoms with Gasteiger partial charge in [-0.25, -0.2) is 13.1 Å². The molecule has 2 aliphatic rings. The van der Waals surface area contributed by atoms with Gasteiger partial charge in [-0.15, -0.1) is 0 Å². The van der Waals surface area contributed by atoms with Crippen LogP contribution in [0.4, 0.5) is 0 Å². The summed E-state index contributed by atoms with van der Waals surface area (Å²) in [5.41, 5.74) is 0. The summed E-state index contributed by atoms with van der Waals surface area (Å²) in [7, 11) is -1.45. The first-order chi connectivity index (χ1) is 7.62. The van der Waals surface area contributed by atoms with Crippen molar-refractivity contribution >= 4 is 10.0 Å². The summed E-state index contributed by atoms with van der Waals surface area (Å²) in [5, 5.41) is 2.96. The van der Waals surface area contributed by atoms with E-state index in [1.165, 1.54) is 0 Å². The Labute approximate surface area is 97.0 Å². The molecule has 1 aliphatic carbocycles. The van der Waals surface area contributed by atoms with Crippen LogP contribution in [0.5, 0.6) is 0 Å². The highest BCUT2D eigenvalue weighted by Gasteiger charge is 2.35. The number of hydrogen-bond acceptors (Lipinski definition) is 4. The van der Waals surface area contributed by atoms with E-state index < -0.39 is 10.0 Å². The van der Waals surface area contributed by atoms with Crippen LogP contribution in [-0.4, -0.2) is 46.0 Å². The van der Waals surface area contributed by atoms with Gasteiger partial charge in [-0.1, -0.05) is 0 Å². The Bertz CT molecular complexity index is 319. The molecule has 0 aromatic heterocycles. The average Bonchev–Trinajstić information content (AvgIpc) is 2.24. The zero-order valence-electron chi connectivity index (χ0n) is 9.61. The minimum atomic E-state index is -3.12. The molecule has 1 heterocycles. The highest BCUT2D eigenvalue weighted by atomic mass is 32.2. The van der Waals surface area contributed by atoms with Crippen molar-refractivity contribution in [3.63, 3.8) is 0 Å². The fraction of sp³-hybridized carbons (Fsp3) is 1.00. The normalized spacial score (nSPS) is 32.3. The van der Waals surface area contributed by atoms with Crippen molar-refractivity contribution < 1.29 is 13.2 Å². The maximum absolute atomic E-state index is 12.0. The Balaban J connectivity index is 1.83. The number of nitrogens with one attached hydrogen (secondary N) is 2. The number of methoxy groups -OCH3 is 1. The molecular weight excluding hydrogens is 228 g/mol. The lowest BCUT2D eigenvalue weighted by molar-refractivity contribution is 0.0235. The summed E-state index contributed by atoms with van der Waals surface area (Å²) in [5.74, 6) is 0. The lowest BCUT2D eigenvalue weighted by atomic mass is 9.90. The topological polar surface area (TPSA) is 67.4 Å². The van der Waals surface area contributed by atoms with E-state index in [9.17, 15) is 8.42 Å². The van der Waals surface area contributed by atoms with Crippen LogP contribution >= 0.6 is 0 Å². The van der Waals surface area contributed by atoms with Crippen LogP contribution in [0.15, 0.2) is 0 Å². The lowest BCUT2D eigenvalue weighted by Crippen LogP contribution is -2.51. The molecule has 2 rings (SSSR count). The Kier molecular flexibility index (Phi) is 3.84. The van der Waals surface area contributed by atoms with Crippen molar-refractivity contribution in [1.29, 1.82) is 0 Å². The van der Waals surface area contributed by atoms with Crippen molar-refractivity contribution in [3.05, 3.63) is 0 Å². The lowest BCUT2D eigenvalue weighted by Gasteiger charge is -2.35. The average molecular weight is 248 g/mol. The smallest absolute Gasteiger partial charge is 0.214 e. The molecule has 0 atom stereocenters. The number of piperidine rings is 1. The third kappa shape index (κ3) is 2.74. The predicted molar refractivity (Wildman–Crippen MR) is 61.8 cm³/mol. The van der Waals surface area contributed by atoms with Crippen molar-refractivity contribution in [1.82, 2.24) is 10.0 Å². The zero-order chi connectivity index (χ0) is 11.6. The van der Waals surface area contributed by atoms with E-state index in [1.807, 2.05) is 0 Å². The van der Waals surface area contributed by atoms with Gasteiger partial charge >= 0.3 is 0 Å². The molecule has 6 heteroatoms. The van der Waals surface area contributed by atoms with E-state index in [0.29, 0.717) is 0 Å². The van der Waals surface area contributed by atoms with Gasteiger partial charge in [-0.2, -0.15) is 0 Å². The van der Waals surface area contributed by atoms with Crippen molar-refractivity contribution in [2.75, 3.05) is 20.2 Å². The van der Waals surface area contributed by atoms with Gasteiger partial charge in [0.05, 0.1) is 11.4 Å². The van der Waals surface area contributed by atoms with E-state index in [0.717, 1.165) is 38.8 Å². The van der Waals surface area contributed by atoms with E-state index in [2.05, 4.69) is 10.0 Å². The zero-order valence-corrected chi connectivity index (χ0v) is 10.4. The molecule has 5 nitrogen and oxygen atoms in total. The second-order valence-corrected chi connectivity index (χ2v) is 6.63. The summed E-state index contributed by atoms with van der Waals surface area (Å²) in [4.78, 5) is 0. The second kappa shape index (κ2) is 5.00. The number of rotatable bonds is 4. The van der Waals surface area contributed by atoms with Gasteiger partial charge in [0.25, 0.3) is 0 Å². The molecule has 0 unspecified atom stereocenters. The van der Waals surface area contributed by atoms with Crippen LogP contribution in [-0.2, 0) is 14.8 Å². The predicted octanol–water partition coefficient (Wildman–Crippen LogP) is -0.165. The van der Waals surface area contributed by atoms with Gasteiger partial charge in [-0.3, -0.25) is 0 Å². The first-order valence-corrected chi connectivity index (χ1v) is 7.41. The highest BCUT2D eigenvalue weighted by molar-refractivity contribution is 7.90. The standard InChI is InChI=1S/C10H20N2O3S/c1-15-9-6-8(7-9)12-16(13,14)10-2-4-11-5-3-10/h8-12H,2-7H2,1H3. The molecule has 0 spiro atoms. The van der Waals surface area contributed by atoms with Crippen LogP contribution in [0.25, 0.3) is 0 Å². The minimum Gasteiger partial charge on any atom is -0.381 e. The molecule has 0 amide bonds. The van der Waals surface area contributed by atoms with E-state index in [1.54, 1.807) is 7.11 Å². The van der Waals surface area contributed by atoms with Crippen LogP contribution in [0.2, 0.25) is 0 Å². The highest BCUT2D eigenvalue weighted by Crippen LogP contribution is 2.24. The third-order valence-corrected chi connectivity index (χ3v) is 5.50. The van der Waals surface area contributed by atoms with Gasteiger partial charge in [0, 0.05) is 13.2 Å². The van der Waals surface area contributed by atoms with Gasteiger partial charge in [0.2, 0.25) is 10.0 Å². The molecule has 2 fully saturated rings. The van der Waals surface area contributed by atoms with Gasteiger partial charge < -0.3 is 10.1 Å². The fourth-order valence-corrected chi connectivity index (χ4v) is 3.99. The molecule has 0 aromatic rings. The molecule has 0 radical (unpaired) electrons. The first kappa shape index (κ1) is 12.3. The summed E-state index contributed by atoms with van der Waals surface area (Å²) >= 11 is 0. The summed E-state index contributed by atoms with van der Waals surface area (Å²) in [6.07, 6.45) is 3.29. The maximum Gasteiger partial charge on any atom is 0.214 e. The third-order valence-electron chi connectivity index (χ3n) is 3.48. The van der Waals surface area contributed by atoms with E-state index in [4.69, 9.17) is 4.74 Å². The van der Waals surface area contributed by atoms with Crippen molar-refractivity contribution in [2.45, 2.75) is 43.1 Å². The number of hydrogen-bond donors (Lipinski definition) is 2. The Morgan fingerprint density at radius 3 is 2.44 bits per heavy atom. The van der Waals surface area contributed by atoms with E-state index in [-0.39, 0.29) is 17.4 Å². The van der Waals surface area contributed by atoms with Crippen LogP contribution < -0.4 is 10.0 Å². The summed E-state index contributed by atoms with van der Waals surface area (Å²) in [6.45, 7) is 1.61. The fourth-order valence-electron chi connectivity index (χ4n) is 2.29. The van der Waals surface area contributed by atoms with Crippen molar-refractivity contribution in [3.8, 4) is 0 Å². The first-order valence-electron chi connectivity index (χ1n) is 5.86. The summed E-state index contributed by atoms with van der Waals surface area (Å²) < 4.78 is 31.9. The van der Waals surface area contributed by atoms with Crippen LogP contribution in [0, 0.1) is 0 Å². The Morgan fingerprint density at radius 1 is 1.25 bits per heavy atom. The molecular formula is C10H20N2O3S. The molecule has 16 heavy (non-hydrogen) atoms. The maximum atomic E-state index is 12.0. The Morgan fingerprint density at radius 2 is 1.88 bits per heavy atom. The van der Waals surface area contributed by atoms with E-state index >= 15 is 0 Å². The number of ether oxygens (including phenoxy) is 1. The largest absolute Gasteiger partial charge is 0.381 e. The van der Waals surface area contributed by atoms with Crippen LogP contribution in [0.3, 0.4) is 0 Å². The molecule has 1 saturated heterocycles. The second-order valence-electron chi connectivity index (χ2n) is 4.64. The molecule has 1 aliphatic heterocycles. The van der Waals surface area contributed by atoms with Gasteiger partial charge in [0.1, 0.15) is 0 Å². The van der Waals surface area contributed by atoms with Crippen LogP contribution in [0.1, 0.15) is 25.7 Å².